The third-order valence-electron chi connectivity index (χ3n) is 1.48. The SMILES string of the molecule is NC(N)=NCCC[C@H](N)C=CC(=O)O. The standard InChI is InChI=1S/C8H16N4O2/c9-6(3-4-7(13)14)2-1-5-12-8(10)11/h3-4,6H,1-2,5,9H2,(H,13,14)(H4,10,11,12)/t6-/m0/s1. The van der Waals surface area contributed by atoms with Crippen LogP contribution in [-0.2, 0) is 4.79 Å². The maximum atomic E-state index is 10.1. The number of hydrogen-bond donors (Lipinski definition) is 4. The van der Waals surface area contributed by atoms with E-state index in [0.717, 1.165) is 12.5 Å². The Hall–Kier alpha value is -1.56. The molecule has 6 heteroatoms. The number of aliphatic carboxylic acids is 1. The molecule has 0 bridgehead atoms. The number of carbonyl (C=O) groups is 1. The van der Waals surface area contributed by atoms with Crippen LogP contribution in [0.15, 0.2) is 17.1 Å². The van der Waals surface area contributed by atoms with E-state index in [1.54, 1.807) is 0 Å². The van der Waals surface area contributed by atoms with E-state index >= 15 is 0 Å². The van der Waals surface area contributed by atoms with Crippen molar-refractivity contribution in [3.8, 4) is 0 Å². The maximum Gasteiger partial charge on any atom is 0.328 e. The van der Waals surface area contributed by atoms with Gasteiger partial charge in [-0.25, -0.2) is 4.79 Å². The summed E-state index contributed by atoms with van der Waals surface area (Å²) in [5.41, 5.74) is 15.8. The number of rotatable bonds is 6. The van der Waals surface area contributed by atoms with Gasteiger partial charge in [0.1, 0.15) is 0 Å². The molecule has 0 radical (unpaired) electrons. The van der Waals surface area contributed by atoms with Crippen molar-refractivity contribution in [1.82, 2.24) is 0 Å². The second-order valence-electron chi connectivity index (χ2n) is 2.81. The van der Waals surface area contributed by atoms with E-state index in [4.69, 9.17) is 22.3 Å². The van der Waals surface area contributed by atoms with Crippen LogP contribution in [0.2, 0.25) is 0 Å². The Bertz CT molecular complexity index is 233. The first-order chi connectivity index (χ1) is 6.52. The van der Waals surface area contributed by atoms with Gasteiger partial charge in [-0.2, -0.15) is 0 Å². The van der Waals surface area contributed by atoms with Gasteiger partial charge in [-0.3, -0.25) is 4.99 Å². The minimum Gasteiger partial charge on any atom is -0.478 e. The van der Waals surface area contributed by atoms with Crippen molar-refractivity contribution in [3.05, 3.63) is 12.2 Å². The molecular formula is C8H16N4O2. The first kappa shape index (κ1) is 12.4. The molecule has 0 heterocycles. The second kappa shape index (κ2) is 6.90. The smallest absolute Gasteiger partial charge is 0.328 e. The van der Waals surface area contributed by atoms with Crippen LogP contribution in [-0.4, -0.2) is 29.6 Å². The molecule has 1 atom stereocenters. The lowest BCUT2D eigenvalue weighted by Crippen LogP contribution is -2.23. The van der Waals surface area contributed by atoms with E-state index in [1.807, 2.05) is 0 Å². The summed E-state index contributed by atoms with van der Waals surface area (Å²) in [6.07, 6.45) is 3.85. The van der Waals surface area contributed by atoms with E-state index < -0.39 is 5.97 Å². The minimum absolute atomic E-state index is 0.0552. The van der Waals surface area contributed by atoms with Crippen molar-refractivity contribution in [3.63, 3.8) is 0 Å². The van der Waals surface area contributed by atoms with Crippen LogP contribution in [0.1, 0.15) is 12.8 Å². The highest BCUT2D eigenvalue weighted by molar-refractivity contribution is 5.79. The summed E-state index contributed by atoms with van der Waals surface area (Å²) in [7, 11) is 0. The lowest BCUT2D eigenvalue weighted by Gasteiger charge is -2.03. The van der Waals surface area contributed by atoms with Gasteiger partial charge in [0.2, 0.25) is 0 Å². The van der Waals surface area contributed by atoms with Crippen molar-refractivity contribution in [2.45, 2.75) is 18.9 Å². The quantitative estimate of drug-likeness (QED) is 0.189. The maximum absolute atomic E-state index is 10.1. The zero-order chi connectivity index (χ0) is 11.0. The molecule has 0 saturated heterocycles. The number of nitrogens with two attached hydrogens (primary N) is 3. The fourth-order valence-electron chi connectivity index (χ4n) is 0.837. The Morgan fingerprint density at radius 3 is 2.64 bits per heavy atom. The van der Waals surface area contributed by atoms with E-state index in [-0.39, 0.29) is 12.0 Å². The van der Waals surface area contributed by atoms with Crippen molar-refractivity contribution in [1.29, 1.82) is 0 Å². The lowest BCUT2D eigenvalue weighted by molar-refractivity contribution is -0.131. The molecule has 0 aromatic rings. The fourth-order valence-corrected chi connectivity index (χ4v) is 0.837. The fraction of sp³-hybridized carbons (Fsp3) is 0.500. The third-order valence-corrected chi connectivity index (χ3v) is 1.48. The van der Waals surface area contributed by atoms with Crippen LogP contribution in [0.5, 0.6) is 0 Å². The highest BCUT2D eigenvalue weighted by Crippen LogP contribution is 1.96. The second-order valence-corrected chi connectivity index (χ2v) is 2.81. The molecule has 0 rings (SSSR count). The van der Waals surface area contributed by atoms with Crippen LogP contribution in [0.3, 0.4) is 0 Å². The van der Waals surface area contributed by atoms with E-state index in [0.29, 0.717) is 13.0 Å². The highest BCUT2D eigenvalue weighted by atomic mass is 16.4. The third kappa shape index (κ3) is 8.54. The first-order valence-electron chi connectivity index (χ1n) is 4.24. The zero-order valence-corrected chi connectivity index (χ0v) is 7.89. The average molecular weight is 200 g/mol. The molecular weight excluding hydrogens is 184 g/mol. The molecule has 14 heavy (non-hydrogen) atoms. The summed E-state index contributed by atoms with van der Waals surface area (Å²) < 4.78 is 0. The van der Waals surface area contributed by atoms with Gasteiger partial charge in [-0.05, 0) is 12.8 Å². The van der Waals surface area contributed by atoms with Crippen molar-refractivity contribution >= 4 is 11.9 Å². The molecule has 0 spiro atoms. The van der Waals surface area contributed by atoms with Crippen molar-refractivity contribution in [2.24, 2.45) is 22.2 Å². The number of nitrogens with zero attached hydrogens (tertiary/aromatic N) is 1. The Balaban J connectivity index is 3.59. The molecule has 80 valence electrons. The first-order valence-corrected chi connectivity index (χ1v) is 4.24. The van der Waals surface area contributed by atoms with Gasteiger partial charge in [0.15, 0.2) is 5.96 Å². The van der Waals surface area contributed by atoms with Gasteiger partial charge in [-0.1, -0.05) is 6.08 Å². The highest BCUT2D eigenvalue weighted by Gasteiger charge is 1.97. The Labute approximate surface area is 82.5 Å². The van der Waals surface area contributed by atoms with Crippen molar-refractivity contribution < 1.29 is 9.90 Å². The normalized spacial score (nSPS) is 12.6. The van der Waals surface area contributed by atoms with Gasteiger partial charge in [0.05, 0.1) is 0 Å². The predicted molar refractivity (Wildman–Crippen MR) is 54.7 cm³/mol. The molecule has 0 aromatic carbocycles. The minimum atomic E-state index is -0.996. The number of carboxylic acid groups (broad SMARTS) is 1. The van der Waals surface area contributed by atoms with E-state index in [2.05, 4.69) is 4.99 Å². The molecule has 0 amide bonds. The molecule has 0 fully saturated rings. The Morgan fingerprint density at radius 2 is 2.14 bits per heavy atom. The molecule has 0 aromatic heterocycles. The summed E-state index contributed by atoms with van der Waals surface area (Å²) >= 11 is 0. The number of aliphatic imine (C=N–C) groups is 1. The summed E-state index contributed by atoms with van der Waals surface area (Å²) in [6.45, 7) is 0.511. The van der Waals surface area contributed by atoms with Crippen LogP contribution >= 0.6 is 0 Å². The summed E-state index contributed by atoms with van der Waals surface area (Å²) in [4.78, 5) is 13.9. The molecule has 0 saturated carbocycles. The number of carboxylic acids is 1. The average Bonchev–Trinajstić information content (AvgIpc) is 2.08. The van der Waals surface area contributed by atoms with Gasteiger partial charge in [-0.15, -0.1) is 0 Å². The van der Waals surface area contributed by atoms with Gasteiger partial charge in [0.25, 0.3) is 0 Å². The van der Waals surface area contributed by atoms with Crippen LogP contribution < -0.4 is 17.2 Å². The molecule has 0 aliphatic rings. The lowest BCUT2D eigenvalue weighted by atomic mass is 10.1. The van der Waals surface area contributed by atoms with Gasteiger partial charge >= 0.3 is 5.97 Å². The molecule has 0 aliphatic carbocycles. The topological polar surface area (TPSA) is 128 Å². The number of guanidine groups is 1. The van der Waals surface area contributed by atoms with E-state index in [1.165, 1.54) is 6.08 Å². The largest absolute Gasteiger partial charge is 0.478 e. The molecule has 6 nitrogen and oxygen atoms in total. The van der Waals surface area contributed by atoms with Crippen LogP contribution in [0.4, 0.5) is 0 Å². The summed E-state index contributed by atoms with van der Waals surface area (Å²) in [5.74, 6) is -0.940. The zero-order valence-electron chi connectivity index (χ0n) is 7.89. The van der Waals surface area contributed by atoms with Gasteiger partial charge in [0, 0.05) is 18.7 Å². The van der Waals surface area contributed by atoms with Gasteiger partial charge < -0.3 is 22.3 Å². The molecule has 0 aliphatic heterocycles. The van der Waals surface area contributed by atoms with Crippen LogP contribution in [0, 0.1) is 0 Å². The predicted octanol–water partition coefficient (Wildman–Crippen LogP) is -0.992. The van der Waals surface area contributed by atoms with Crippen LogP contribution in [0.25, 0.3) is 0 Å². The van der Waals surface area contributed by atoms with Crippen molar-refractivity contribution in [2.75, 3.05) is 6.54 Å². The monoisotopic (exact) mass is 200 g/mol. The summed E-state index contributed by atoms with van der Waals surface area (Å²) in [5, 5.41) is 8.31. The molecule has 7 N–H and O–H groups in total. The Kier molecular flexibility index (Phi) is 6.13. The summed E-state index contributed by atoms with van der Waals surface area (Å²) in [6, 6.07) is -0.264. The molecule has 0 unspecified atom stereocenters. The van der Waals surface area contributed by atoms with E-state index in [9.17, 15) is 4.79 Å². The number of hydrogen-bond acceptors (Lipinski definition) is 3. The Morgan fingerprint density at radius 1 is 1.50 bits per heavy atom.